The molecule has 422 valence electrons. The normalized spacial score (nSPS) is 12.9. The molecule has 0 saturated carbocycles. The molecule has 0 aliphatic carbocycles. The number of rotatable bonds is 8. The molecule has 0 fully saturated rings. The van der Waals surface area contributed by atoms with Gasteiger partial charge in [0.25, 0.3) is 0 Å². The Hall–Kier alpha value is -9.38. The van der Waals surface area contributed by atoms with Crippen LogP contribution in [0.4, 0.5) is 34.1 Å². The second kappa shape index (κ2) is 19.1. The van der Waals surface area contributed by atoms with E-state index < -0.39 is 0 Å². The molecule has 0 atom stereocenters. The summed E-state index contributed by atoms with van der Waals surface area (Å²) in [5, 5.41) is 10.0. The fourth-order valence-electron chi connectivity index (χ4n) is 14.0. The fraction of sp³-hybridized carbons (Fsp3) is 0.195. The van der Waals surface area contributed by atoms with E-state index in [4.69, 9.17) is 0 Å². The Balaban J connectivity index is 1.04. The highest BCUT2D eigenvalue weighted by Gasteiger charge is 2.31. The largest absolute Gasteiger partial charge is 0.309 e. The predicted octanol–water partition coefficient (Wildman–Crippen LogP) is 23.5. The summed E-state index contributed by atoms with van der Waals surface area (Å²) in [6.07, 6.45) is 0. The lowest BCUT2D eigenvalue weighted by atomic mass is 9.86. The summed E-state index contributed by atoms with van der Waals surface area (Å²) >= 11 is 0. The zero-order valence-electron chi connectivity index (χ0n) is 51.7. The molecule has 0 spiro atoms. The first-order chi connectivity index (χ1) is 41.2. The van der Waals surface area contributed by atoms with Gasteiger partial charge in [-0.15, -0.1) is 0 Å². The Morgan fingerprint density at radius 2 is 0.593 bits per heavy atom. The van der Waals surface area contributed by atoms with Gasteiger partial charge in [0.1, 0.15) is 0 Å². The van der Waals surface area contributed by atoms with Crippen LogP contribution in [-0.2, 0) is 21.7 Å². The molecule has 15 rings (SSSR count). The third kappa shape index (κ3) is 8.31. The van der Waals surface area contributed by atoms with Gasteiger partial charge < -0.3 is 18.6 Å². The molecule has 0 aliphatic rings. The van der Waals surface area contributed by atoms with Gasteiger partial charge in [0.15, 0.2) is 0 Å². The lowest BCUT2D eigenvalue weighted by Crippen LogP contribution is -2.14. The first-order valence-corrected chi connectivity index (χ1v) is 30.8. The Labute approximate surface area is 505 Å². The van der Waals surface area contributed by atoms with Gasteiger partial charge in [-0.25, -0.2) is 0 Å². The number of hydrogen-bond acceptors (Lipinski definition) is 2. The Morgan fingerprint density at radius 3 is 0.953 bits per heavy atom. The molecule has 0 saturated heterocycles. The lowest BCUT2D eigenvalue weighted by Gasteiger charge is -2.29. The van der Waals surface area contributed by atoms with Crippen molar-refractivity contribution >= 4 is 110 Å². The zero-order valence-corrected chi connectivity index (χ0v) is 51.7. The molecule has 86 heavy (non-hydrogen) atoms. The van der Waals surface area contributed by atoms with Gasteiger partial charge in [-0.1, -0.05) is 229 Å². The Kier molecular flexibility index (Phi) is 11.8. The molecule has 0 amide bonds. The quantitative estimate of drug-likeness (QED) is 0.151. The monoisotopic (exact) mass is 1110 g/mol. The molecular formula is C82H74N4. The van der Waals surface area contributed by atoms with Crippen LogP contribution >= 0.6 is 0 Å². The first kappa shape index (κ1) is 53.4. The molecule has 0 unspecified atom stereocenters. The Morgan fingerprint density at radius 1 is 0.256 bits per heavy atom. The molecule has 4 aromatic heterocycles. The molecule has 15 aromatic rings. The van der Waals surface area contributed by atoms with Crippen LogP contribution in [0.25, 0.3) is 98.4 Å². The van der Waals surface area contributed by atoms with Crippen LogP contribution < -0.4 is 9.80 Å². The van der Waals surface area contributed by atoms with Crippen LogP contribution in [-0.4, -0.2) is 8.80 Å². The van der Waals surface area contributed by atoms with E-state index in [1.165, 1.54) is 121 Å². The smallest absolute Gasteiger partial charge is 0.0641 e. The highest BCUT2D eigenvalue weighted by Crippen LogP contribution is 2.54. The van der Waals surface area contributed by atoms with Crippen LogP contribution in [0.2, 0.25) is 0 Å². The highest BCUT2D eigenvalue weighted by molar-refractivity contribution is 6.32. The van der Waals surface area contributed by atoms with Crippen molar-refractivity contribution in [2.45, 2.75) is 105 Å². The fourth-order valence-corrected chi connectivity index (χ4v) is 14.0. The summed E-state index contributed by atoms with van der Waals surface area (Å²) in [4.78, 5) is 5.07. The Bertz CT molecular complexity index is 4780. The van der Waals surface area contributed by atoms with Gasteiger partial charge in [0.05, 0.1) is 55.8 Å². The second-order valence-electron chi connectivity index (χ2n) is 28.3. The molecule has 0 N–H and O–H groups in total. The van der Waals surface area contributed by atoms with Gasteiger partial charge in [-0.05, 0) is 140 Å². The molecule has 0 radical (unpaired) electrons. The maximum Gasteiger partial charge on any atom is 0.0641 e. The summed E-state index contributed by atoms with van der Waals surface area (Å²) in [5.41, 5.74) is 24.0. The number of fused-ring (bicyclic) bond motifs is 12. The van der Waals surface area contributed by atoms with E-state index in [0.717, 1.165) is 34.1 Å². The van der Waals surface area contributed by atoms with Gasteiger partial charge >= 0.3 is 0 Å². The molecule has 11 aromatic carbocycles. The molecule has 0 aliphatic heterocycles. The zero-order chi connectivity index (χ0) is 59.3. The summed E-state index contributed by atoms with van der Waals surface area (Å²) in [5.74, 6) is 0. The van der Waals surface area contributed by atoms with Gasteiger partial charge in [0, 0.05) is 65.6 Å². The summed E-state index contributed by atoms with van der Waals surface area (Å²) in [6.45, 7) is 27.8. The van der Waals surface area contributed by atoms with E-state index in [2.05, 4.69) is 332 Å². The van der Waals surface area contributed by atoms with Crippen molar-refractivity contribution < 1.29 is 0 Å². The number of hydrogen-bond donors (Lipinski definition) is 0. The van der Waals surface area contributed by atoms with Crippen LogP contribution in [0.1, 0.15) is 105 Å². The molecule has 0 bridgehead atoms. The van der Waals surface area contributed by atoms with Crippen molar-refractivity contribution in [2.24, 2.45) is 0 Å². The topological polar surface area (TPSA) is 15.3 Å². The molecular weight excluding hydrogens is 1040 g/mol. The third-order valence-electron chi connectivity index (χ3n) is 18.6. The molecule has 4 nitrogen and oxygen atoms in total. The standard InChI is InChI=1S/C82H74N4/c1-79(2,3)53-31-37-57(38-32-53)83(67-29-21-19-27-59(67)51-23-15-13-16-24-51)71-45-41-61-63-49-74-64(50-73(63)85-69-43-35-55(81(7,8)9)47-65(69)75(71)77(61)85)62-42-46-72(76-66-48-56(82(10,11)12)36-44-70(66)86(74)78(62)76)84(58-39-33-54(34-40-58)80(4,5)6)68-30-22-20-28-60(68)52-25-17-14-18-26-52/h13-50H,1-12H3. The van der Waals surface area contributed by atoms with Gasteiger partial charge in [0.2, 0.25) is 0 Å². The minimum absolute atomic E-state index is 0.00667. The summed E-state index contributed by atoms with van der Waals surface area (Å²) in [6, 6.07) is 87.6. The minimum atomic E-state index is -0.0673. The van der Waals surface area contributed by atoms with Crippen molar-refractivity contribution in [3.63, 3.8) is 0 Å². The van der Waals surface area contributed by atoms with E-state index in [1.807, 2.05) is 0 Å². The number of benzene rings is 11. The van der Waals surface area contributed by atoms with E-state index in [0.29, 0.717) is 0 Å². The van der Waals surface area contributed by atoms with Crippen molar-refractivity contribution in [1.82, 2.24) is 8.80 Å². The average molecular weight is 1120 g/mol. The van der Waals surface area contributed by atoms with E-state index in [1.54, 1.807) is 0 Å². The molecule has 4 heterocycles. The van der Waals surface area contributed by atoms with Crippen LogP contribution in [0.15, 0.2) is 231 Å². The van der Waals surface area contributed by atoms with Crippen LogP contribution in [0.3, 0.4) is 0 Å². The maximum absolute atomic E-state index is 2.60. The van der Waals surface area contributed by atoms with E-state index in [9.17, 15) is 0 Å². The molecule has 4 heteroatoms. The second-order valence-corrected chi connectivity index (χ2v) is 28.3. The SMILES string of the molecule is CC(C)(C)c1ccc(N(c2ccccc2-c2ccccc2)c2ccc3c4cc5c(cc4n4c6ccc(C(C)(C)C)cc6c2c34)c2ccc(N(c3ccc(C(C)(C)C)cc3)c3ccccc3-c3ccccc3)c3c4cc(C(C)(C)C)ccc4n5c23)cc1. The predicted molar refractivity (Wildman–Crippen MR) is 371 cm³/mol. The first-order valence-electron chi connectivity index (χ1n) is 30.8. The van der Waals surface area contributed by atoms with Gasteiger partial charge in [-0.3, -0.25) is 0 Å². The van der Waals surface area contributed by atoms with E-state index >= 15 is 0 Å². The van der Waals surface area contributed by atoms with Crippen molar-refractivity contribution in [3.05, 3.63) is 253 Å². The van der Waals surface area contributed by atoms with Crippen molar-refractivity contribution in [2.75, 3.05) is 9.80 Å². The van der Waals surface area contributed by atoms with Crippen molar-refractivity contribution in [3.8, 4) is 22.3 Å². The number of anilines is 6. The summed E-state index contributed by atoms with van der Waals surface area (Å²) in [7, 11) is 0. The lowest BCUT2D eigenvalue weighted by molar-refractivity contribution is 0.590. The van der Waals surface area contributed by atoms with Gasteiger partial charge in [-0.2, -0.15) is 0 Å². The van der Waals surface area contributed by atoms with Crippen LogP contribution in [0.5, 0.6) is 0 Å². The highest BCUT2D eigenvalue weighted by atomic mass is 15.2. The number of aromatic nitrogens is 2. The van der Waals surface area contributed by atoms with Crippen LogP contribution in [0, 0.1) is 0 Å². The number of nitrogens with zero attached hydrogens (tertiary/aromatic N) is 4. The third-order valence-corrected chi connectivity index (χ3v) is 18.6. The maximum atomic E-state index is 2.60. The number of para-hydroxylation sites is 2. The van der Waals surface area contributed by atoms with E-state index in [-0.39, 0.29) is 21.7 Å². The van der Waals surface area contributed by atoms with Crippen molar-refractivity contribution in [1.29, 1.82) is 0 Å². The minimum Gasteiger partial charge on any atom is -0.309 e. The summed E-state index contributed by atoms with van der Waals surface area (Å²) < 4.78 is 5.21. The average Bonchev–Trinajstić information content (AvgIpc) is 1.52.